The van der Waals surface area contributed by atoms with Crippen molar-refractivity contribution in [1.82, 2.24) is 4.90 Å². The molecule has 5 nitrogen and oxygen atoms in total. The van der Waals surface area contributed by atoms with E-state index in [0.29, 0.717) is 18.7 Å². The minimum absolute atomic E-state index is 0.126. The molecule has 0 bridgehead atoms. The topological polar surface area (TPSA) is 66.8 Å². The second kappa shape index (κ2) is 8.30. The lowest BCUT2D eigenvalue weighted by Crippen LogP contribution is -2.33. The maximum Gasteiger partial charge on any atom is 0.295 e. The van der Waals surface area contributed by atoms with Crippen molar-refractivity contribution < 1.29 is 19.4 Å². The first kappa shape index (κ1) is 19.7. The van der Waals surface area contributed by atoms with E-state index in [2.05, 4.69) is 0 Å². The fraction of sp³-hybridized carbons (Fsp3) is 0.304. The van der Waals surface area contributed by atoms with Crippen molar-refractivity contribution in [2.24, 2.45) is 5.92 Å². The summed E-state index contributed by atoms with van der Waals surface area (Å²) in [5.41, 5.74) is 1.41. The number of amides is 1. The van der Waals surface area contributed by atoms with Crippen molar-refractivity contribution >= 4 is 17.4 Å². The van der Waals surface area contributed by atoms with Crippen molar-refractivity contribution in [3.8, 4) is 5.75 Å². The number of ketones is 1. The molecule has 1 amide bonds. The van der Waals surface area contributed by atoms with Gasteiger partial charge in [0, 0.05) is 12.1 Å². The summed E-state index contributed by atoms with van der Waals surface area (Å²) in [4.78, 5) is 27.1. The molecular weight excluding hydrogens is 354 g/mol. The Labute approximate surface area is 165 Å². The van der Waals surface area contributed by atoms with Gasteiger partial charge in [-0.3, -0.25) is 9.59 Å². The summed E-state index contributed by atoms with van der Waals surface area (Å²) < 4.78 is 5.49. The minimum Gasteiger partial charge on any atom is -0.507 e. The SMILES string of the molecule is CCOc1ccc(C2C(=C(O)c3ccccc3)C(=O)C(=O)N2CC(C)C)cc1. The summed E-state index contributed by atoms with van der Waals surface area (Å²) in [6.07, 6.45) is 0. The van der Waals surface area contributed by atoms with Crippen LogP contribution in [0, 0.1) is 5.92 Å². The van der Waals surface area contributed by atoms with Gasteiger partial charge in [0.2, 0.25) is 0 Å². The van der Waals surface area contributed by atoms with E-state index >= 15 is 0 Å². The lowest BCUT2D eigenvalue weighted by Gasteiger charge is -2.27. The molecule has 0 aliphatic carbocycles. The zero-order chi connectivity index (χ0) is 20.3. The van der Waals surface area contributed by atoms with Crippen LogP contribution in [0.3, 0.4) is 0 Å². The third-order valence-corrected chi connectivity index (χ3v) is 4.66. The Kier molecular flexibility index (Phi) is 5.83. The van der Waals surface area contributed by atoms with Gasteiger partial charge in [-0.25, -0.2) is 0 Å². The fourth-order valence-electron chi connectivity index (χ4n) is 3.47. The van der Waals surface area contributed by atoms with Crippen LogP contribution in [0.25, 0.3) is 5.76 Å². The molecule has 0 spiro atoms. The molecule has 1 aliphatic heterocycles. The first-order chi connectivity index (χ1) is 13.4. The van der Waals surface area contributed by atoms with E-state index in [4.69, 9.17) is 4.74 Å². The molecular formula is C23H25NO4. The molecule has 0 radical (unpaired) electrons. The standard InChI is InChI=1S/C23H25NO4/c1-4-28-18-12-10-16(11-13-18)20-19(21(25)17-8-6-5-7-9-17)22(26)23(27)24(20)14-15(2)3/h5-13,15,20,25H,4,14H2,1-3H3. The van der Waals surface area contributed by atoms with Gasteiger partial charge in [0.15, 0.2) is 0 Å². The Morgan fingerprint density at radius 2 is 1.71 bits per heavy atom. The van der Waals surface area contributed by atoms with E-state index in [1.54, 1.807) is 29.2 Å². The van der Waals surface area contributed by atoms with Crippen LogP contribution in [0.15, 0.2) is 60.2 Å². The van der Waals surface area contributed by atoms with Crippen LogP contribution >= 0.6 is 0 Å². The van der Waals surface area contributed by atoms with E-state index < -0.39 is 17.7 Å². The number of carbonyl (C=O) groups is 2. The molecule has 3 rings (SSSR count). The van der Waals surface area contributed by atoms with Gasteiger partial charge < -0.3 is 14.7 Å². The normalized spacial score (nSPS) is 18.7. The fourth-order valence-corrected chi connectivity index (χ4v) is 3.47. The maximum absolute atomic E-state index is 12.8. The van der Waals surface area contributed by atoms with Gasteiger partial charge in [0.25, 0.3) is 11.7 Å². The molecule has 0 aromatic heterocycles. The average Bonchev–Trinajstić information content (AvgIpc) is 2.93. The van der Waals surface area contributed by atoms with Crippen molar-refractivity contribution in [1.29, 1.82) is 0 Å². The molecule has 1 heterocycles. The number of benzene rings is 2. The summed E-state index contributed by atoms with van der Waals surface area (Å²) in [5, 5.41) is 10.9. The largest absolute Gasteiger partial charge is 0.507 e. The second-order valence-electron chi connectivity index (χ2n) is 7.21. The van der Waals surface area contributed by atoms with E-state index in [1.807, 2.05) is 51.1 Å². The van der Waals surface area contributed by atoms with E-state index in [0.717, 1.165) is 11.3 Å². The summed E-state index contributed by atoms with van der Waals surface area (Å²) >= 11 is 0. The van der Waals surface area contributed by atoms with Gasteiger partial charge in [-0.2, -0.15) is 0 Å². The molecule has 1 saturated heterocycles. The number of ether oxygens (including phenoxy) is 1. The molecule has 2 aromatic carbocycles. The number of rotatable bonds is 6. The highest BCUT2D eigenvalue weighted by atomic mass is 16.5. The van der Waals surface area contributed by atoms with Crippen LogP contribution < -0.4 is 4.74 Å². The number of aliphatic hydroxyl groups is 1. The Hall–Kier alpha value is -3.08. The van der Waals surface area contributed by atoms with E-state index in [1.165, 1.54) is 0 Å². The van der Waals surface area contributed by atoms with Crippen LogP contribution in [-0.2, 0) is 9.59 Å². The number of nitrogens with zero attached hydrogens (tertiary/aromatic N) is 1. The number of Topliss-reactive ketones (excluding diaryl/α,β-unsaturated/α-hetero) is 1. The molecule has 28 heavy (non-hydrogen) atoms. The third-order valence-electron chi connectivity index (χ3n) is 4.66. The molecule has 1 atom stereocenters. The molecule has 1 aliphatic rings. The molecule has 146 valence electrons. The summed E-state index contributed by atoms with van der Waals surface area (Å²) in [7, 11) is 0. The van der Waals surface area contributed by atoms with Crippen molar-refractivity contribution in [2.45, 2.75) is 26.8 Å². The van der Waals surface area contributed by atoms with Crippen LogP contribution in [0.1, 0.15) is 37.9 Å². The van der Waals surface area contributed by atoms with Crippen LogP contribution in [0.5, 0.6) is 5.75 Å². The molecule has 0 saturated carbocycles. The maximum atomic E-state index is 12.8. The lowest BCUT2D eigenvalue weighted by molar-refractivity contribution is -0.140. The predicted molar refractivity (Wildman–Crippen MR) is 108 cm³/mol. The van der Waals surface area contributed by atoms with Gasteiger partial charge in [-0.05, 0) is 30.5 Å². The quantitative estimate of drug-likeness (QED) is 0.465. The highest BCUT2D eigenvalue weighted by Gasteiger charge is 2.46. The number of hydrogen-bond donors (Lipinski definition) is 1. The Morgan fingerprint density at radius 1 is 1.07 bits per heavy atom. The zero-order valence-electron chi connectivity index (χ0n) is 16.4. The summed E-state index contributed by atoms with van der Waals surface area (Å²) in [6, 6.07) is 15.5. The van der Waals surface area contributed by atoms with Crippen LogP contribution in [-0.4, -0.2) is 34.8 Å². The third kappa shape index (κ3) is 3.79. The molecule has 5 heteroatoms. The monoisotopic (exact) mass is 379 g/mol. The van der Waals surface area contributed by atoms with Gasteiger partial charge in [-0.1, -0.05) is 56.3 Å². The van der Waals surface area contributed by atoms with Gasteiger partial charge in [0.1, 0.15) is 11.5 Å². The lowest BCUT2D eigenvalue weighted by atomic mass is 9.95. The first-order valence-electron chi connectivity index (χ1n) is 9.50. The van der Waals surface area contributed by atoms with Gasteiger partial charge in [-0.15, -0.1) is 0 Å². The Balaban J connectivity index is 2.12. The van der Waals surface area contributed by atoms with Crippen molar-refractivity contribution in [3.63, 3.8) is 0 Å². The number of aliphatic hydroxyl groups excluding tert-OH is 1. The average molecular weight is 379 g/mol. The highest BCUT2D eigenvalue weighted by Crippen LogP contribution is 2.40. The molecule has 1 unspecified atom stereocenters. The van der Waals surface area contributed by atoms with E-state index in [9.17, 15) is 14.7 Å². The summed E-state index contributed by atoms with van der Waals surface area (Å²) in [5.74, 6) is -0.481. The van der Waals surface area contributed by atoms with Crippen molar-refractivity contribution in [3.05, 3.63) is 71.3 Å². The van der Waals surface area contributed by atoms with Crippen molar-refractivity contribution in [2.75, 3.05) is 13.2 Å². The van der Waals surface area contributed by atoms with Gasteiger partial charge >= 0.3 is 0 Å². The number of likely N-dealkylation sites (tertiary alicyclic amines) is 1. The second-order valence-corrected chi connectivity index (χ2v) is 7.21. The Morgan fingerprint density at radius 3 is 2.29 bits per heavy atom. The van der Waals surface area contributed by atoms with E-state index in [-0.39, 0.29) is 17.3 Å². The predicted octanol–water partition coefficient (Wildman–Crippen LogP) is 4.16. The minimum atomic E-state index is -0.652. The van der Waals surface area contributed by atoms with Crippen LogP contribution in [0.4, 0.5) is 0 Å². The number of carbonyl (C=O) groups excluding carboxylic acids is 2. The van der Waals surface area contributed by atoms with Gasteiger partial charge in [0.05, 0.1) is 18.2 Å². The first-order valence-corrected chi connectivity index (χ1v) is 9.50. The van der Waals surface area contributed by atoms with Crippen LogP contribution in [0.2, 0.25) is 0 Å². The Bertz CT molecular complexity index is 885. The highest BCUT2D eigenvalue weighted by molar-refractivity contribution is 6.46. The molecule has 2 aromatic rings. The smallest absolute Gasteiger partial charge is 0.295 e. The molecule has 1 N–H and O–H groups in total. The molecule has 1 fully saturated rings. The number of hydrogen-bond acceptors (Lipinski definition) is 4. The summed E-state index contributed by atoms with van der Waals surface area (Å²) in [6.45, 7) is 6.87. The zero-order valence-corrected chi connectivity index (χ0v) is 16.4.